The summed E-state index contributed by atoms with van der Waals surface area (Å²) in [5.41, 5.74) is 2.43. The van der Waals surface area contributed by atoms with Crippen molar-refractivity contribution in [3.63, 3.8) is 0 Å². The highest BCUT2D eigenvalue weighted by Crippen LogP contribution is 2.66. The lowest BCUT2D eigenvalue weighted by Gasteiger charge is -2.34. The molecule has 3 nitrogen and oxygen atoms in total. The average Bonchev–Trinajstić information content (AvgIpc) is 2.94. The number of hydrogen-bond acceptors (Lipinski definition) is 1. The summed E-state index contributed by atoms with van der Waals surface area (Å²) in [6, 6.07) is 4.09. The number of benzene rings is 1. The third-order valence-corrected chi connectivity index (χ3v) is 6.51. The highest BCUT2D eigenvalue weighted by molar-refractivity contribution is 6.32. The summed E-state index contributed by atoms with van der Waals surface area (Å²) in [6.45, 7) is 6.71. The first kappa shape index (κ1) is 14.1. The molecule has 1 aromatic heterocycles. The minimum absolute atomic E-state index is 0.0239. The number of H-pyrrole nitrogens is 1. The van der Waals surface area contributed by atoms with Crippen LogP contribution in [0.3, 0.4) is 0 Å². The Kier molecular flexibility index (Phi) is 2.59. The monoisotopic (exact) mass is 320 g/mol. The molecule has 5 heteroatoms. The summed E-state index contributed by atoms with van der Waals surface area (Å²) in [5.74, 6) is -0.134. The molecule has 2 unspecified atom stereocenters. The van der Waals surface area contributed by atoms with E-state index in [1.165, 1.54) is 16.8 Å². The number of fused-ring (bicyclic) bond motifs is 5. The van der Waals surface area contributed by atoms with Crippen LogP contribution < -0.4 is 5.56 Å². The van der Waals surface area contributed by atoms with Gasteiger partial charge in [0.15, 0.2) is 0 Å². The number of aromatic amines is 1. The zero-order valence-corrected chi connectivity index (χ0v) is 13.6. The first-order chi connectivity index (χ1) is 10.3. The van der Waals surface area contributed by atoms with E-state index >= 15 is 0 Å². The van der Waals surface area contributed by atoms with Crippen LogP contribution in [0, 0.1) is 11.2 Å². The largest absolute Gasteiger partial charge is 0.294 e. The normalized spacial score (nSPS) is 28.1. The van der Waals surface area contributed by atoms with Gasteiger partial charge in [-0.2, -0.15) is 0 Å². The van der Waals surface area contributed by atoms with Crippen molar-refractivity contribution < 1.29 is 4.39 Å². The van der Waals surface area contributed by atoms with Crippen molar-refractivity contribution in [1.82, 2.24) is 9.78 Å². The molecule has 116 valence electrons. The summed E-state index contributed by atoms with van der Waals surface area (Å²) in [4.78, 5) is 12.9. The number of hydrogen-bond donors (Lipinski definition) is 1. The maximum atomic E-state index is 13.2. The Morgan fingerprint density at radius 2 is 2.09 bits per heavy atom. The maximum absolute atomic E-state index is 13.2. The molecule has 1 aromatic carbocycles. The van der Waals surface area contributed by atoms with E-state index in [1.54, 1.807) is 6.07 Å². The lowest BCUT2D eigenvalue weighted by molar-refractivity contribution is 0.224. The Morgan fingerprint density at radius 1 is 1.36 bits per heavy atom. The van der Waals surface area contributed by atoms with E-state index in [-0.39, 0.29) is 27.3 Å². The van der Waals surface area contributed by atoms with Gasteiger partial charge in [0.1, 0.15) is 5.82 Å². The van der Waals surface area contributed by atoms with Gasteiger partial charge in [-0.3, -0.25) is 9.89 Å². The lowest BCUT2D eigenvalue weighted by Crippen LogP contribution is -2.33. The number of nitrogens with one attached hydrogen (secondary N) is 1. The minimum Gasteiger partial charge on any atom is -0.294 e. The summed E-state index contributed by atoms with van der Waals surface area (Å²) in [7, 11) is 0. The number of halogens is 2. The highest BCUT2D eigenvalue weighted by Gasteiger charge is 2.61. The Bertz CT molecular complexity index is 851. The summed E-state index contributed by atoms with van der Waals surface area (Å²) >= 11 is 6.12. The number of aromatic nitrogens is 2. The molecule has 0 radical (unpaired) electrons. The topological polar surface area (TPSA) is 37.8 Å². The predicted octanol–water partition coefficient (Wildman–Crippen LogP) is 4.13. The molecule has 2 aliphatic rings. The molecule has 1 saturated carbocycles. The van der Waals surface area contributed by atoms with Crippen LogP contribution in [-0.4, -0.2) is 9.78 Å². The van der Waals surface area contributed by atoms with Gasteiger partial charge < -0.3 is 0 Å². The zero-order chi connectivity index (χ0) is 15.9. The second-order valence-corrected chi connectivity index (χ2v) is 7.69. The molecule has 2 atom stereocenters. The quantitative estimate of drug-likeness (QED) is 0.842. The first-order valence-electron chi connectivity index (χ1n) is 7.58. The van der Waals surface area contributed by atoms with Crippen molar-refractivity contribution in [1.29, 1.82) is 0 Å². The molecule has 1 N–H and O–H groups in total. The molecule has 2 aliphatic carbocycles. The van der Waals surface area contributed by atoms with Crippen LogP contribution in [0.25, 0.3) is 5.69 Å². The van der Waals surface area contributed by atoms with Crippen molar-refractivity contribution in [2.75, 3.05) is 0 Å². The fourth-order valence-electron chi connectivity index (χ4n) is 4.48. The van der Waals surface area contributed by atoms with Gasteiger partial charge in [-0.05, 0) is 42.4 Å². The molecule has 0 amide bonds. The van der Waals surface area contributed by atoms with E-state index in [0.717, 1.165) is 24.1 Å². The molecule has 0 spiro atoms. The van der Waals surface area contributed by atoms with E-state index in [1.807, 2.05) is 0 Å². The zero-order valence-electron chi connectivity index (χ0n) is 12.8. The van der Waals surface area contributed by atoms with Crippen LogP contribution in [0.2, 0.25) is 5.02 Å². The lowest BCUT2D eigenvalue weighted by atomic mass is 9.70. The van der Waals surface area contributed by atoms with E-state index in [9.17, 15) is 9.18 Å². The van der Waals surface area contributed by atoms with Crippen LogP contribution in [0.15, 0.2) is 23.0 Å². The summed E-state index contributed by atoms with van der Waals surface area (Å²) < 4.78 is 14.7. The van der Waals surface area contributed by atoms with Gasteiger partial charge in [0, 0.05) is 16.7 Å². The van der Waals surface area contributed by atoms with E-state index in [2.05, 4.69) is 25.9 Å². The standard InChI is InChI=1S/C17H18ClFN2O/c1-16(2)10-6-7-17(16,3)14-13(10)15(22)21(20-14)12-5-4-9(19)8-11(12)18/h4-5,8,10,20H,6-7H2,1-3H3. The average molecular weight is 321 g/mol. The van der Waals surface area contributed by atoms with Crippen LogP contribution in [0.1, 0.15) is 50.8 Å². The Balaban J connectivity index is 1.96. The molecule has 1 fully saturated rings. The van der Waals surface area contributed by atoms with Crippen LogP contribution in [0.5, 0.6) is 0 Å². The Morgan fingerprint density at radius 3 is 2.73 bits per heavy atom. The van der Waals surface area contributed by atoms with E-state index < -0.39 is 5.82 Å². The molecular weight excluding hydrogens is 303 g/mol. The predicted molar refractivity (Wildman–Crippen MR) is 84.5 cm³/mol. The Labute approximate surface area is 133 Å². The van der Waals surface area contributed by atoms with Gasteiger partial charge in [0.2, 0.25) is 0 Å². The van der Waals surface area contributed by atoms with Gasteiger partial charge in [-0.1, -0.05) is 32.4 Å². The van der Waals surface area contributed by atoms with Gasteiger partial charge in [-0.15, -0.1) is 0 Å². The number of nitrogens with zero attached hydrogens (tertiary/aromatic N) is 1. The molecular formula is C17H18ClFN2O. The minimum atomic E-state index is -0.408. The van der Waals surface area contributed by atoms with Crippen molar-refractivity contribution in [2.45, 2.75) is 44.9 Å². The van der Waals surface area contributed by atoms with Crippen molar-refractivity contribution in [3.05, 3.63) is 50.7 Å². The van der Waals surface area contributed by atoms with E-state index in [0.29, 0.717) is 5.69 Å². The van der Waals surface area contributed by atoms with Crippen LogP contribution >= 0.6 is 11.6 Å². The van der Waals surface area contributed by atoms with Crippen molar-refractivity contribution in [2.24, 2.45) is 5.41 Å². The second kappa shape index (κ2) is 4.05. The molecule has 0 saturated heterocycles. The summed E-state index contributed by atoms with van der Waals surface area (Å²) in [5, 5.41) is 3.50. The molecule has 4 rings (SSSR count). The number of rotatable bonds is 1. The van der Waals surface area contributed by atoms with Crippen LogP contribution in [-0.2, 0) is 5.41 Å². The third-order valence-electron chi connectivity index (χ3n) is 6.20. The smallest absolute Gasteiger partial charge is 0.275 e. The van der Waals surface area contributed by atoms with Gasteiger partial charge in [0.05, 0.1) is 10.7 Å². The second-order valence-electron chi connectivity index (χ2n) is 7.28. The van der Waals surface area contributed by atoms with Crippen LogP contribution in [0.4, 0.5) is 4.39 Å². The Hall–Kier alpha value is -1.55. The van der Waals surface area contributed by atoms with Gasteiger partial charge in [0.25, 0.3) is 5.56 Å². The molecule has 2 aromatic rings. The summed E-state index contributed by atoms with van der Waals surface area (Å²) in [6.07, 6.45) is 2.12. The maximum Gasteiger partial charge on any atom is 0.275 e. The fourth-order valence-corrected chi connectivity index (χ4v) is 4.73. The van der Waals surface area contributed by atoms with Crippen molar-refractivity contribution in [3.8, 4) is 5.69 Å². The molecule has 1 heterocycles. The molecule has 2 bridgehead atoms. The molecule has 22 heavy (non-hydrogen) atoms. The SMILES string of the molecule is CC12CCC(c3c1[nH]n(-c1ccc(F)cc1Cl)c3=O)C2(C)C. The fraction of sp³-hybridized carbons (Fsp3) is 0.471. The van der Waals surface area contributed by atoms with E-state index in [4.69, 9.17) is 11.6 Å². The first-order valence-corrected chi connectivity index (χ1v) is 7.96. The van der Waals surface area contributed by atoms with Gasteiger partial charge >= 0.3 is 0 Å². The third kappa shape index (κ3) is 1.44. The van der Waals surface area contributed by atoms with Crippen molar-refractivity contribution >= 4 is 11.6 Å². The molecule has 0 aliphatic heterocycles. The van der Waals surface area contributed by atoms with Gasteiger partial charge in [-0.25, -0.2) is 9.07 Å². The highest BCUT2D eigenvalue weighted by atomic mass is 35.5.